The number of hydrogen-bond donors (Lipinski definition) is 2. The Kier molecular flexibility index (Phi) is 3.25. The van der Waals surface area contributed by atoms with Crippen LogP contribution in [-0.4, -0.2) is 32.1 Å². The molecule has 0 bridgehead atoms. The lowest BCUT2D eigenvalue weighted by Crippen LogP contribution is -2.44. The molecule has 1 amide bonds. The molecular weight excluding hydrogens is 246 g/mol. The third-order valence-electron chi connectivity index (χ3n) is 2.72. The van der Waals surface area contributed by atoms with Gasteiger partial charge in [0.15, 0.2) is 0 Å². The number of hydrogen-bond acceptors (Lipinski definition) is 3. The lowest BCUT2D eigenvalue weighted by Gasteiger charge is -2.23. The van der Waals surface area contributed by atoms with E-state index in [9.17, 15) is 9.59 Å². The molecule has 2 N–H and O–H groups in total. The van der Waals surface area contributed by atoms with Gasteiger partial charge in [0.1, 0.15) is 0 Å². The standard InChI is InChI=1S/C13H15N3O3/c1-13(2,7-11(17)18)15-12(19)9-8-14-16-6-4-3-5-10(9)16/h3-6,8H,7H2,1-2H3,(H,15,19)(H,17,18). The summed E-state index contributed by atoms with van der Waals surface area (Å²) in [5.41, 5.74) is 0.302. The Labute approximate surface area is 110 Å². The molecule has 6 nitrogen and oxygen atoms in total. The van der Waals surface area contributed by atoms with Gasteiger partial charge in [0.05, 0.1) is 23.7 Å². The summed E-state index contributed by atoms with van der Waals surface area (Å²) >= 11 is 0. The largest absolute Gasteiger partial charge is 0.481 e. The molecule has 0 radical (unpaired) electrons. The van der Waals surface area contributed by atoms with Crippen molar-refractivity contribution >= 4 is 17.4 Å². The number of aromatic nitrogens is 2. The van der Waals surface area contributed by atoms with Crippen LogP contribution in [0.2, 0.25) is 0 Å². The van der Waals surface area contributed by atoms with Gasteiger partial charge in [-0.25, -0.2) is 4.52 Å². The predicted octanol–water partition coefficient (Wildman–Crippen LogP) is 1.32. The SMILES string of the molecule is CC(C)(CC(=O)O)NC(=O)c1cnn2ccccc12. The van der Waals surface area contributed by atoms with E-state index in [0.717, 1.165) is 0 Å². The van der Waals surface area contributed by atoms with Crippen LogP contribution in [0.25, 0.3) is 5.52 Å². The first-order valence-electron chi connectivity index (χ1n) is 5.86. The van der Waals surface area contributed by atoms with E-state index in [2.05, 4.69) is 10.4 Å². The van der Waals surface area contributed by atoms with Crippen LogP contribution in [0.4, 0.5) is 0 Å². The topological polar surface area (TPSA) is 83.7 Å². The zero-order chi connectivity index (χ0) is 14.0. The van der Waals surface area contributed by atoms with E-state index in [4.69, 9.17) is 5.11 Å². The second-order valence-corrected chi connectivity index (χ2v) is 5.00. The molecule has 0 atom stereocenters. The zero-order valence-corrected chi connectivity index (χ0v) is 10.8. The number of aliphatic carboxylic acids is 1. The summed E-state index contributed by atoms with van der Waals surface area (Å²) in [6.07, 6.45) is 3.08. The maximum absolute atomic E-state index is 12.2. The van der Waals surface area contributed by atoms with Gasteiger partial charge in [-0.1, -0.05) is 6.07 Å². The second-order valence-electron chi connectivity index (χ2n) is 5.00. The van der Waals surface area contributed by atoms with Crippen molar-refractivity contribution < 1.29 is 14.7 Å². The minimum atomic E-state index is -0.954. The molecule has 0 aromatic carbocycles. The number of rotatable bonds is 4. The predicted molar refractivity (Wildman–Crippen MR) is 69.0 cm³/mol. The molecule has 2 aromatic heterocycles. The Morgan fingerprint density at radius 3 is 2.84 bits per heavy atom. The van der Waals surface area contributed by atoms with Crippen LogP contribution in [0.15, 0.2) is 30.6 Å². The Bertz CT molecular complexity index is 631. The fraction of sp³-hybridized carbons (Fsp3) is 0.308. The van der Waals surface area contributed by atoms with Crippen LogP contribution in [0.1, 0.15) is 30.6 Å². The Morgan fingerprint density at radius 2 is 2.16 bits per heavy atom. The lowest BCUT2D eigenvalue weighted by molar-refractivity contribution is -0.138. The average molecular weight is 261 g/mol. The Morgan fingerprint density at radius 1 is 1.42 bits per heavy atom. The third kappa shape index (κ3) is 2.90. The van der Waals surface area contributed by atoms with Crippen molar-refractivity contribution in [1.29, 1.82) is 0 Å². The van der Waals surface area contributed by atoms with Gasteiger partial charge in [0, 0.05) is 11.7 Å². The van der Waals surface area contributed by atoms with Gasteiger partial charge in [-0.2, -0.15) is 5.10 Å². The number of fused-ring (bicyclic) bond motifs is 1. The van der Waals surface area contributed by atoms with Crippen molar-refractivity contribution in [2.45, 2.75) is 25.8 Å². The number of amides is 1. The van der Waals surface area contributed by atoms with Crippen LogP contribution in [0.3, 0.4) is 0 Å². The number of nitrogens with zero attached hydrogens (tertiary/aromatic N) is 2. The summed E-state index contributed by atoms with van der Waals surface area (Å²) in [4.78, 5) is 22.9. The van der Waals surface area contributed by atoms with Crippen molar-refractivity contribution in [2.24, 2.45) is 0 Å². The summed E-state index contributed by atoms with van der Waals surface area (Å²) in [5.74, 6) is -1.28. The number of pyridine rings is 1. The van der Waals surface area contributed by atoms with Crippen LogP contribution < -0.4 is 5.32 Å². The minimum absolute atomic E-state index is 0.141. The highest BCUT2D eigenvalue weighted by Crippen LogP contribution is 2.13. The molecular formula is C13H15N3O3. The monoisotopic (exact) mass is 261 g/mol. The van der Waals surface area contributed by atoms with E-state index < -0.39 is 11.5 Å². The number of carboxylic acids is 1. The van der Waals surface area contributed by atoms with Crippen molar-refractivity contribution in [3.8, 4) is 0 Å². The molecule has 100 valence electrons. The minimum Gasteiger partial charge on any atom is -0.481 e. The maximum atomic E-state index is 12.2. The zero-order valence-electron chi connectivity index (χ0n) is 10.8. The number of carboxylic acid groups (broad SMARTS) is 1. The van der Waals surface area contributed by atoms with Gasteiger partial charge in [-0.3, -0.25) is 9.59 Å². The molecule has 0 spiro atoms. The molecule has 0 aliphatic carbocycles. The van der Waals surface area contributed by atoms with Crippen LogP contribution >= 0.6 is 0 Å². The summed E-state index contributed by atoms with van der Waals surface area (Å²) in [5, 5.41) is 15.6. The maximum Gasteiger partial charge on any atom is 0.305 e. The molecule has 6 heteroatoms. The molecule has 2 aromatic rings. The second kappa shape index (κ2) is 4.72. The van der Waals surface area contributed by atoms with Crippen LogP contribution in [0, 0.1) is 0 Å². The van der Waals surface area contributed by atoms with E-state index in [1.807, 2.05) is 12.1 Å². The summed E-state index contributed by atoms with van der Waals surface area (Å²) < 4.78 is 1.60. The van der Waals surface area contributed by atoms with Gasteiger partial charge < -0.3 is 10.4 Å². The summed E-state index contributed by atoms with van der Waals surface area (Å²) in [7, 11) is 0. The van der Waals surface area contributed by atoms with E-state index in [1.165, 1.54) is 6.20 Å². The highest BCUT2D eigenvalue weighted by molar-refractivity contribution is 6.01. The summed E-state index contributed by atoms with van der Waals surface area (Å²) in [6.45, 7) is 3.34. The van der Waals surface area contributed by atoms with Gasteiger partial charge in [-0.05, 0) is 26.0 Å². The summed E-state index contributed by atoms with van der Waals surface area (Å²) in [6, 6.07) is 5.42. The third-order valence-corrected chi connectivity index (χ3v) is 2.72. The van der Waals surface area contributed by atoms with E-state index in [1.54, 1.807) is 30.6 Å². The Balaban J connectivity index is 2.23. The first-order valence-corrected chi connectivity index (χ1v) is 5.86. The molecule has 0 saturated heterocycles. The van der Waals surface area contributed by atoms with E-state index in [0.29, 0.717) is 11.1 Å². The van der Waals surface area contributed by atoms with Crippen LogP contribution in [-0.2, 0) is 4.79 Å². The fourth-order valence-electron chi connectivity index (χ4n) is 1.91. The first kappa shape index (κ1) is 13.1. The van der Waals surface area contributed by atoms with E-state index in [-0.39, 0.29) is 12.3 Å². The normalized spacial score (nSPS) is 11.5. The number of nitrogens with one attached hydrogen (secondary N) is 1. The molecule has 2 rings (SSSR count). The highest BCUT2D eigenvalue weighted by atomic mass is 16.4. The molecule has 0 fully saturated rings. The smallest absolute Gasteiger partial charge is 0.305 e. The first-order chi connectivity index (χ1) is 8.89. The molecule has 0 saturated carbocycles. The van der Waals surface area contributed by atoms with E-state index >= 15 is 0 Å². The fourth-order valence-corrected chi connectivity index (χ4v) is 1.91. The quantitative estimate of drug-likeness (QED) is 0.869. The molecule has 0 aliphatic heterocycles. The molecule has 19 heavy (non-hydrogen) atoms. The molecule has 2 heterocycles. The number of carbonyl (C=O) groups excluding carboxylic acids is 1. The lowest BCUT2D eigenvalue weighted by atomic mass is 10.0. The molecule has 0 unspecified atom stereocenters. The Hall–Kier alpha value is -2.37. The van der Waals surface area contributed by atoms with Gasteiger partial charge in [0.25, 0.3) is 5.91 Å². The van der Waals surface area contributed by atoms with Gasteiger partial charge >= 0.3 is 5.97 Å². The average Bonchev–Trinajstić information content (AvgIpc) is 2.69. The van der Waals surface area contributed by atoms with Crippen molar-refractivity contribution in [2.75, 3.05) is 0 Å². The highest BCUT2D eigenvalue weighted by Gasteiger charge is 2.25. The number of carbonyl (C=O) groups is 2. The van der Waals surface area contributed by atoms with Crippen molar-refractivity contribution in [1.82, 2.24) is 14.9 Å². The molecule has 0 aliphatic rings. The van der Waals surface area contributed by atoms with Crippen LogP contribution in [0.5, 0.6) is 0 Å². The van der Waals surface area contributed by atoms with Crippen molar-refractivity contribution in [3.05, 3.63) is 36.2 Å². The van der Waals surface area contributed by atoms with Gasteiger partial charge in [-0.15, -0.1) is 0 Å². The van der Waals surface area contributed by atoms with Gasteiger partial charge in [0.2, 0.25) is 0 Å². The van der Waals surface area contributed by atoms with Crippen molar-refractivity contribution in [3.63, 3.8) is 0 Å².